The Kier molecular flexibility index (Phi) is 8.44. The van der Waals surface area contributed by atoms with Gasteiger partial charge in [0, 0.05) is 0 Å². The molecular formula is C18H18N6O4S3. The Balaban J connectivity index is 1.43. The van der Waals surface area contributed by atoms with Crippen LogP contribution in [0.3, 0.4) is 0 Å². The van der Waals surface area contributed by atoms with E-state index in [4.69, 9.17) is 8.83 Å². The van der Waals surface area contributed by atoms with Gasteiger partial charge in [-0.1, -0.05) is 34.9 Å². The van der Waals surface area contributed by atoms with Crippen molar-refractivity contribution in [3.63, 3.8) is 0 Å². The highest BCUT2D eigenvalue weighted by Crippen LogP contribution is 2.33. The molecule has 3 rings (SSSR count). The molecule has 2 unspecified atom stereocenters. The summed E-state index contributed by atoms with van der Waals surface area (Å²) in [7, 11) is 0. The molecule has 0 aromatic carbocycles. The number of hydrogen-bond donors (Lipinski definition) is 2. The molecule has 2 amide bonds. The van der Waals surface area contributed by atoms with E-state index >= 15 is 0 Å². The number of carbonyl (C=O) groups is 2. The fourth-order valence-electron chi connectivity index (χ4n) is 1.93. The van der Waals surface area contributed by atoms with Gasteiger partial charge in [0.1, 0.15) is 11.5 Å². The largest absolute Gasteiger partial charge is 0.463 e. The Morgan fingerprint density at radius 1 is 0.935 bits per heavy atom. The highest BCUT2D eigenvalue weighted by molar-refractivity contribution is 8.04. The van der Waals surface area contributed by atoms with E-state index in [0.717, 1.165) is 0 Å². The summed E-state index contributed by atoms with van der Waals surface area (Å²) in [6.45, 7) is 3.48. The first-order valence-electron chi connectivity index (χ1n) is 8.91. The lowest BCUT2D eigenvalue weighted by atomic mass is 10.5. The van der Waals surface area contributed by atoms with Crippen molar-refractivity contribution in [1.82, 2.24) is 21.0 Å². The molecule has 3 heterocycles. The lowest BCUT2D eigenvalue weighted by Crippen LogP contribution is -2.26. The number of aromatic nitrogens is 2. The molecule has 2 atom stereocenters. The van der Waals surface area contributed by atoms with E-state index in [9.17, 15) is 9.59 Å². The maximum absolute atomic E-state index is 12.1. The van der Waals surface area contributed by atoms with Crippen molar-refractivity contribution < 1.29 is 18.4 Å². The van der Waals surface area contributed by atoms with E-state index in [1.54, 1.807) is 38.1 Å². The van der Waals surface area contributed by atoms with Crippen LogP contribution >= 0.6 is 34.9 Å². The minimum atomic E-state index is -0.434. The van der Waals surface area contributed by atoms with Crippen LogP contribution in [0.25, 0.3) is 0 Å². The number of thioether (sulfide) groups is 2. The predicted octanol–water partition coefficient (Wildman–Crippen LogP) is 2.99. The molecule has 3 aromatic heterocycles. The zero-order chi connectivity index (χ0) is 22.1. The molecule has 0 saturated carbocycles. The van der Waals surface area contributed by atoms with Gasteiger partial charge in [-0.3, -0.25) is 9.59 Å². The first-order chi connectivity index (χ1) is 15.0. The molecule has 31 heavy (non-hydrogen) atoms. The second kappa shape index (κ2) is 11.5. The molecule has 10 nitrogen and oxygen atoms in total. The van der Waals surface area contributed by atoms with Gasteiger partial charge in [-0.2, -0.15) is 10.2 Å². The van der Waals surface area contributed by atoms with Gasteiger partial charge in [-0.05, 0) is 38.1 Å². The van der Waals surface area contributed by atoms with Crippen molar-refractivity contribution >= 4 is 59.1 Å². The molecule has 0 spiro atoms. The monoisotopic (exact) mass is 478 g/mol. The average Bonchev–Trinajstić information content (AvgIpc) is 3.51. The highest BCUT2D eigenvalue weighted by Gasteiger charge is 2.20. The molecule has 0 aliphatic heterocycles. The number of amides is 2. The third-order valence-corrected chi connectivity index (χ3v) is 6.79. The summed E-state index contributed by atoms with van der Waals surface area (Å²) in [5.41, 5.74) is 4.90. The van der Waals surface area contributed by atoms with Crippen molar-refractivity contribution in [2.24, 2.45) is 10.2 Å². The molecule has 0 saturated heterocycles. The highest BCUT2D eigenvalue weighted by atomic mass is 32.2. The van der Waals surface area contributed by atoms with Gasteiger partial charge in [0.25, 0.3) is 11.8 Å². The summed E-state index contributed by atoms with van der Waals surface area (Å²) in [6, 6.07) is 6.90. The van der Waals surface area contributed by atoms with Crippen molar-refractivity contribution in [2.45, 2.75) is 33.0 Å². The first-order valence-corrected chi connectivity index (χ1v) is 11.5. The fraction of sp³-hybridized carbons (Fsp3) is 0.222. The second-order valence-corrected chi connectivity index (χ2v) is 10.0. The minimum absolute atomic E-state index is 0.278. The van der Waals surface area contributed by atoms with Crippen LogP contribution < -0.4 is 10.9 Å². The van der Waals surface area contributed by atoms with E-state index in [1.807, 2.05) is 0 Å². The molecular weight excluding hydrogens is 460 g/mol. The molecule has 2 N–H and O–H groups in total. The molecule has 0 aliphatic rings. The van der Waals surface area contributed by atoms with E-state index in [-0.39, 0.29) is 11.8 Å². The van der Waals surface area contributed by atoms with Gasteiger partial charge in [0.2, 0.25) is 0 Å². The standard InChI is InChI=1S/C18H18N6O4S3/c1-11(15(25)21-19-9-13-5-3-7-27-13)29-17-23-24-18(31-17)30-12(2)16(26)22-20-10-14-6-4-8-28-14/h3-12H,1-2H3,(H,21,25)(H,22,26). The molecule has 0 bridgehead atoms. The van der Waals surface area contributed by atoms with Crippen LogP contribution in [0.5, 0.6) is 0 Å². The SMILES string of the molecule is CC(Sc1nnc(SC(C)C(=O)NN=Cc2ccco2)s1)C(=O)NN=Cc1ccco1. The number of nitrogens with one attached hydrogen (secondary N) is 2. The third kappa shape index (κ3) is 7.38. The Labute approximate surface area is 190 Å². The number of furan rings is 2. The Morgan fingerprint density at radius 2 is 1.39 bits per heavy atom. The van der Waals surface area contributed by atoms with Gasteiger partial charge < -0.3 is 8.83 Å². The van der Waals surface area contributed by atoms with Crippen molar-refractivity contribution in [2.75, 3.05) is 0 Å². The maximum atomic E-state index is 12.1. The average molecular weight is 479 g/mol. The van der Waals surface area contributed by atoms with Crippen LogP contribution in [0.4, 0.5) is 0 Å². The zero-order valence-electron chi connectivity index (χ0n) is 16.4. The zero-order valence-corrected chi connectivity index (χ0v) is 18.9. The lowest BCUT2D eigenvalue weighted by Gasteiger charge is -2.06. The Morgan fingerprint density at radius 3 is 1.77 bits per heavy atom. The molecule has 13 heteroatoms. The summed E-state index contributed by atoms with van der Waals surface area (Å²) < 4.78 is 11.4. The van der Waals surface area contributed by atoms with Crippen LogP contribution in [0.15, 0.2) is 64.5 Å². The topological polar surface area (TPSA) is 135 Å². The Hall–Kier alpha value is -2.90. The second-order valence-electron chi connectivity index (χ2n) is 5.85. The van der Waals surface area contributed by atoms with E-state index < -0.39 is 10.5 Å². The lowest BCUT2D eigenvalue weighted by molar-refractivity contribution is -0.121. The van der Waals surface area contributed by atoms with Crippen molar-refractivity contribution in [1.29, 1.82) is 0 Å². The molecule has 162 valence electrons. The number of hydrogen-bond acceptors (Lipinski definition) is 11. The molecule has 3 aromatic rings. The summed E-state index contributed by atoms with van der Waals surface area (Å²) in [4.78, 5) is 24.3. The van der Waals surface area contributed by atoms with Crippen LogP contribution in [-0.4, -0.2) is 44.9 Å². The number of carbonyl (C=O) groups excluding carboxylic acids is 2. The summed E-state index contributed by atoms with van der Waals surface area (Å²) in [5, 5.41) is 15.0. The van der Waals surface area contributed by atoms with Crippen LogP contribution in [-0.2, 0) is 9.59 Å². The van der Waals surface area contributed by atoms with Crippen molar-refractivity contribution in [3.8, 4) is 0 Å². The van der Waals surface area contributed by atoms with Gasteiger partial charge in [0.05, 0.1) is 35.5 Å². The number of hydrazone groups is 2. The van der Waals surface area contributed by atoms with Gasteiger partial charge in [-0.25, -0.2) is 10.9 Å². The molecule has 0 radical (unpaired) electrons. The van der Waals surface area contributed by atoms with Gasteiger partial charge in [0.15, 0.2) is 8.68 Å². The Bertz CT molecular complexity index is 952. The van der Waals surface area contributed by atoms with Gasteiger partial charge >= 0.3 is 0 Å². The smallest absolute Gasteiger partial charge is 0.253 e. The van der Waals surface area contributed by atoms with Crippen LogP contribution in [0.2, 0.25) is 0 Å². The van der Waals surface area contributed by atoms with E-state index in [1.165, 1.54) is 59.8 Å². The third-order valence-electron chi connectivity index (χ3n) is 3.50. The van der Waals surface area contributed by atoms with Crippen LogP contribution in [0.1, 0.15) is 25.4 Å². The fourth-order valence-corrected chi connectivity index (χ4v) is 5.23. The molecule has 0 aliphatic carbocycles. The van der Waals surface area contributed by atoms with Crippen LogP contribution in [0, 0.1) is 0 Å². The molecule has 0 fully saturated rings. The summed E-state index contributed by atoms with van der Waals surface area (Å²) in [5.74, 6) is 0.520. The first kappa shape index (κ1) is 22.8. The van der Waals surface area contributed by atoms with E-state index in [2.05, 4.69) is 31.3 Å². The number of rotatable bonds is 10. The minimum Gasteiger partial charge on any atom is -0.463 e. The summed E-state index contributed by atoms with van der Waals surface area (Å²) >= 11 is 3.82. The maximum Gasteiger partial charge on any atom is 0.253 e. The summed E-state index contributed by atoms with van der Waals surface area (Å²) in [6.07, 6.45) is 5.87. The van der Waals surface area contributed by atoms with Crippen molar-refractivity contribution in [3.05, 3.63) is 48.3 Å². The number of nitrogens with zero attached hydrogens (tertiary/aromatic N) is 4. The normalized spacial score (nSPS) is 13.5. The quantitative estimate of drug-likeness (QED) is 0.258. The van der Waals surface area contributed by atoms with Gasteiger partial charge in [-0.15, -0.1) is 10.2 Å². The predicted molar refractivity (Wildman–Crippen MR) is 119 cm³/mol. The van der Waals surface area contributed by atoms with E-state index in [0.29, 0.717) is 20.2 Å².